The highest BCUT2D eigenvalue weighted by atomic mass is 32.2. The van der Waals surface area contributed by atoms with Crippen LogP contribution in [0.2, 0.25) is 0 Å². The molecule has 7 heteroatoms. The van der Waals surface area contributed by atoms with Gasteiger partial charge in [-0.3, -0.25) is 4.79 Å². The Morgan fingerprint density at radius 3 is 2.70 bits per heavy atom. The molecule has 128 valence electrons. The van der Waals surface area contributed by atoms with Gasteiger partial charge in [0.05, 0.1) is 6.61 Å². The second-order valence-electron chi connectivity index (χ2n) is 6.39. The average molecular weight is 339 g/mol. The standard InChI is InChI=1S/C16H25N3O3S/c17-15(20)13-14(23-12-4-2-1-3-5-12)16(19-22-13)21-10-11-6-8-18-9-7-11/h11-12,18H,1-10H2,(H2,17,20). The Morgan fingerprint density at radius 1 is 1.26 bits per heavy atom. The lowest BCUT2D eigenvalue weighted by Crippen LogP contribution is -2.30. The first kappa shape index (κ1) is 16.6. The van der Waals surface area contributed by atoms with Crippen molar-refractivity contribution in [2.75, 3.05) is 19.7 Å². The maximum atomic E-state index is 11.6. The van der Waals surface area contributed by atoms with Crippen LogP contribution in [0.5, 0.6) is 5.88 Å². The molecule has 2 aliphatic rings. The number of hydrogen-bond donors (Lipinski definition) is 2. The summed E-state index contributed by atoms with van der Waals surface area (Å²) in [5.74, 6) is 0.527. The third kappa shape index (κ3) is 4.41. The van der Waals surface area contributed by atoms with Crippen molar-refractivity contribution >= 4 is 17.7 Å². The quantitative estimate of drug-likeness (QED) is 0.828. The Balaban J connectivity index is 1.66. The molecule has 1 aliphatic heterocycles. The largest absolute Gasteiger partial charge is 0.474 e. The number of nitrogens with two attached hydrogens (primary N) is 1. The van der Waals surface area contributed by atoms with Crippen LogP contribution in [0, 0.1) is 5.92 Å². The van der Waals surface area contributed by atoms with Crippen molar-refractivity contribution in [3.63, 3.8) is 0 Å². The van der Waals surface area contributed by atoms with E-state index in [1.807, 2.05) is 0 Å². The zero-order chi connectivity index (χ0) is 16.1. The summed E-state index contributed by atoms with van der Waals surface area (Å²) >= 11 is 1.64. The zero-order valence-corrected chi connectivity index (χ0v) is 14.2. The van der Waals surface area contributed by atoms with Gasteiger partial charge in [0.1, 0.15) is 4.90 Å². The molecular weight excluding hydrogens is 314 g/mol. The normalized spacial score (nSPS) is 20.5. The first-order valence-electron chi connectivity index (χ1n) is 8.53. The van der Waals surface area contributed by atoms with Gasteiger partial charge in [-0.1, -0.05) is 19.3 Å². The number of nitrogens with zero attached hydrogens (tertiary/aromatic N) is 1. The summed E-state index contributed by atoms with van der Waals surface area (Å²) in [5.41, 5.74) is 5.42. The van der Waals surface area contributed by atoms with Crippen LogP contribution in [0.15, 0.2) is 9.42 Å². The Kier molecular flexibility index (Phi) is 5.83. The van der Waals surface area contributed by atoms with Crippen LogP contribution in [-0.4, -0.2) is 36.0 Å². The van der Waals surface area contributed by atoms with Crippen molar-refractivity contribution in [2.24, 2.45) is 11.7 Å². The third-order valence-corrected chi connectivity index (χ3v) is 6.00. The number of ether oxygens (including phenoxy) is 1. The summed E-state index contributed by atoms with van der Waals surface area (Å²) < 4.78 is 11.0. The molecule has 1 aromatic heterocycles. The second-order valence-corrected chi connectivity index (χ2v) is 7.70. The topological polar surface area (TPSA) is 90.4 Å². The van der Waals surface area contributed by atoms with E-state index in [1.165, 1.54) is 19.3 Å². The lowest BCUT2D eigenvalue weighted by atomic mass is 9.99. The summed E-state index contributed by atoms with van der Waals surface area (Å²) in [5, 5.41) is 7.78. The van der Waals surface area contributed by atoms with Crippen LogP contribution in [0.3, 0.4) is 0 Å². The van der Waals surface area contributed by atoms with Crippen molar-refractivity contribution in [1.29, 1.82) is 0 Å². The molecule has 0 radical (unpaired) electrons. The lowest BCUT2D eigenvalue weighted by molar-refractivity contribution is 0.0961. The van der Waals surface area contributed by atoms with E-state index in [2.05, 4.69) is 10.5 Å². The molecule has 0 atom stereocenters. The zero-order valence-electron chi connectivity index (χ0n) is 13.4. The van der Waals surface area contributed by atoms with Gasteiger partial charge in [-0.15, -0.1) is 11.8 Å². The maximum absolute atomic E-state index is 11.6. The van der Waals surface area contributed by atoms with Crippen LogP contribution in [0.1, 0.15) is 55.5 Å². The predicted octanol–water partition coefficient (Wildman–Crippen LogP) is 2.58. The molecule has 0 unspecified atom stereocenters. The van der Waals surface area contributed by atoms with E-state index >= 15 is 0 Å². The Hall–Kier alpha value is -1.21. The summed E-state index contributed by atoms with van der Waals surface area (Å²) in [4.78, 5) is 12.3. The Morgan fingerprint density at radius 2 is 2.00 bits per heavy atom. The molecule has 1 amide bonds. The minimum Gasteiger partial charge on any atom is -0.474 e. The molecule has 23 heavy (non-hydrogen) atoms. The van der Waals surface area contributed by atoms with Gasteiger partial charge in [0.2, 0.25) is 5.76 Å². The van der Waals surface area contributed by atoms with Crippen molar-refractivity contribution < 1.29 is 14.1 Å². The molecule has 2 fully saturated rings. The molecule has 0 aromatic carbocycles. The number of carbonyl (C=O) groups excluding carboxylic acids is 1. The number of primary amides is 1. The van der Waals surface area contributed by atoms with E-state index in [0.29, 0.717) is 28.6 Å². The van der Waals surface area contributed by atoms with Gasteiger partial charge in [0.25, 0.3) is 11.8 Å². The van der Waals surface area contributed by atoms with E-state index in [-0.39, 0.29) is 5.76 Å². The van der Waals surface area contributed by atoms with Crippen LogP contribution in [0.25, 0.3) is 0 Å². The van der Waals surface area contributed by atoms with Crippen LogP contribution in [0.4, 0.5) is 0 Å². The van der Waals surface area contributed by atoms with Crippen LogP contribution >= 0.6 is 11.8 Å². The highest BCUT2D eigenvalue weighted by Gasteiger charge is 2.27. The summed E-state index contributed by atoms with van der Waals surface area (Å²) in [6.07, 6.45) is 8.28. The minimum absolute atomic E-state index is 0.140. The molecule has 1 saturated heterocycles. The average Bonchev–Trinajstić information content (AvgIpc) is 2.98. The highest BCUT2D eigenvalue weighted by molar-refractivity contribution is 8.00. The van der Waals surface area contributed by atoms with Gasteiger partial charge in [0, 0.05) is 5.25 Å². The molecule has 0 spiro atoms. The van der Waals surface area contributed by atoms with Gasteiger partial charge in [0.15, 0.2) is 0 Å². The summed E-state index contributed by atoms with van der Waals surface area (Å²) in [6.45, 7) is 2.68. The fourth-order valence-corrected chi connectivity index (χ4v) is 4.56. The molecular formula is C16H25N3O3S. The van der Waals surface area contributed by atoms with E-state index in [1.54, 1.807) is 11.8 Å². The van der Waals surface area contributed by atoms with Crippen LogP contribution in [-0.2, 0) is 0 Å². The number of carbonyl (C=O) groups is 1. The molecule has 1 aromatic rings. The van der Waals surface area contributed by atoms with Gasteiger partial charge in [-0.05, 0) is 49.8 Å². The predicted molar refractivity (Wildman–Crippen MR) is 88.8 cm³/mol. The van der Waals surface area contributed by atoms with Gasteiger partial charge in [-0.2, -0.15) is 0 Å². The van der Waals surface area contributed by atoms with Crippen molar-refractivity contribution in [2.45, 2.75) is 55.1 Å². The lowest BCUT2D eigenvalue weighted by Gasteiger charge is -2.23. The number of piperidine rings is 1. The molecule has 1 aliphatic carbocycles. The number of rotatable bonds is 6. The van der Waals surface area contributed by atoms with Gasteiger partial charge < -0.3 is 20.3 Å². The highest BCUT2D eigenvalue weighted by Crippen LogP contribution is 2.40. The molecule has 1 saturated carbocycles. The first-order chi connectivity index (χ1) is 11.2. The number of thioether (sulfide) groups is 1. The molecule has 3 rings (SSSR count). The van der Waals surface area contributed by atoms with Gasteiger partial charge >= 0.3 is 0 Å². The SMILES string of the molecule is NC(=O)c1onc(OCC2CCNCC2)c1SC1CCCCC1. The number of aromatic nitrogens is 1. The van der Waals surface area contributed by atoms with Crippen molar-refractivity contribution in [3.8, 4) is 5.88 Å². The molecule has 0 bridgehead atoms. The first-order valence-corrected chi connectivity index (χ1v) is 9.41. The fraction of sp³-hybridized carbons (Fsp3) is 0.750. The smallest absolute Gasteiger partial charge is 0.288 e. The number of hydrogen-bond acceptors (Lipinski definition) is 6. The van der Waals surface area contributed by atoms with Crippen molar-refractivity contribution in [3.05, 3.63) is 5.76 Å². The van der Waals surface area contributed by atoms with E-state index in [4.69, 9.17) is 15.0 Å². The number of amides is 1. The summed E-state index contributed by atoms with van der Waals surface area (Å²) in [6, 6.07) is 0. The number of nitrogens with one attached hydrogen (secondary N) is 1. The van der Waals surface area contributed by atoms with Gasteiger partial charge in [-0.25, -0.2) is 0 Å². The Bertz CT molecular complexity index is 523. The molecule has 6 nitrogen and oxygen atoms in total. The summed E-state index contributed by atoms with van der Waals surface area (Å²) in [7, 11) is 0. The third-order valence-electron chi connectivity index (χ3n) is 4.60. The van der Waals surface area contributed by atoms with Crippen LogP contribution < -0.4 is 15.8 Å². The van der Waals surface area contributed by atoms with E-state index in [9.17, 15) is 4.79 Å². The van der Waals surface area contributed by atoms with E-state index in [0.717, 1.165) is 38.8 Å². The fourth-order valence-electron chi connectivity index (χ4n) is 3.21. The van der Waals surface area contributed by atoms with Crippen molar-refractivity contribution in [1.82, 2.24) is 10.5 Å². The molecule has 3 N–H and O–H groups in total. The molecule has 2 heterocycles. The minimum atomic E-state index is -0.576. The monoisotopic (exact) mass is 339 g/mol. The van der Waals surface area contributed by atoms with E-state index < -0.39 is 5.91 Å². The second kappa shape index (κ2) is 8.06. The maximum Gasteiger partial charge on any atom is 0.288 e. The Labute approximate surface area is 140 Å².